The molecule has 5 rings (SSSR count). The molecule has 0 spiro atoms. The third-order valence-corrected chi connectivity index (χ3v) is 5.14. The Morgan fingerprint density at radius 2 is 2.10 bits per heavy atom. The molecule has 0 bridgehead atoms. The highest BCUT2D eigenvalue weighted by atomic mass is 19.1. The molecule has 29 heavy (non-hydrogen) atoms. The lowest BCUT2D eigenvalue weighted by molar-refractivity contribution is 0.0986. The van der Waals surface area contributed by atoms with Gasteiger partial charge in [-0.1, -0.05) is 0 Å². The van der Waals surface area contributed by atoms with E-state index in [4.69, 9.17) is 9.72 Å². The number of hydrogen-bond donors (Lipinski definition) is 1. The van der Waals surface area contributed by atoms with Gasteiger partial charge in [0.2, 0.25) is 0 Å². The lowest BCUT2D eigenvalue weighted by Crippen LogP contribution is -2.44. The maximum absolute atomic E-state index is 13.5. The van der Waals surface area contributed by atoms with Crippen molar-refractivity contribution in [3.8, 4) is 22.6 Å². The first kappa shape index (κ1) is 17.7. The van der Waals surface area contributed by atoms with Gasteiger partial charge in [0.1, 0.15) is 22.8 Å². The van der Waals surface area contributed by atoms with Crippen LogP contribution in [-0.2, 0) is 4.74 Å². The van der Waals surface area contributed by atoms with E-state index in [9.17, 15) is 4.39 Å². The van der Waals surface area contributed by atoms with E-state index in [0.717, 1.165) is 34.5 Å². The highest BCUT2D eigenvalue weighted by molar-refractivity contribution is 6.00. The molecule has 8 heteroatoms. The van der Waals surface area contributed by atoms with Crippen LogP contribution in [0.2, 0.25) is 0 Å². The molecule has 1 unspecified atom stereocenters. The largest absolute Gasteiger partial charge is 0.377 e. The molecule has 1 aliphatic rings. The predicted molar refractivity (Wildman–Crippen MR) is 108 cm³/mol. The van der Waals surface area contributed by atoms with E-state index in [1.807, 2.05) is 18.2 Å². The number of fused-ring (bicyclic) bond motifs is 1. The molecule has 1 fully saturated rings. The van der Waals surface area contributed by atoms with E-state index >= 15 is 0 Å². The van der Waals surface area contributed by atoms with Crippen molar-refractivity contribution in [1.29, 1.82) is 0 Å². The number of nitrogens with zero attached hydrogens (tertiary/aromatic N) is 5. The molecule has 1 saturated heterocycles. The van der Waals surface area contributed by atoms with Gasteiger partial charge in [0.25, 0.3) is 0 Å². The molecule has 0 aromatic carbocycles. The van der Waals surface area contributed by atoms with Crippen molar-refractivity contribution in [3.63, 3.8) is 0 Å². The highest BCUT2D eigenvalue weighted by Gasteiger charge is 2.23. The van der Waals surface area contributed by atoms with Crippen LogP contribution in [0.25, 0.3) is 33.5 Å². The van der Waals surface area contributed by atoms with Crippen LogP contribution in [0, 0.1) is 5.82 Å². The number of rotatable bonds is 3. The fourth-order valence-corrected chi connectivity index (χ4v) is 3.68. The summed E-state index contributed by atoms with van der Waals surface area (Å²) in [4.78, 5) is 16.0. The molecule has 1 N–H and O–H groups in total. The van der Waals surface area contributed by atoms with E-state index in [0.29, 0.717) is 24.6 Å². The molecule has 1 atom stereocenters. The van der Waals surface area contributed by atoms with E-state index in [1.165, 1.54) is 12.3 Å². The normalized spacial score (nSPS) is 17.0. The van der Waals surface area contributed by atoms with Gasteiger partial charge in [-0.3, -0.25) is 15.1 Å². The standard InChI is InChI=1S/C21H19FN6O/c1-13-12-29-9-8-28(13)19-10-16(17-3-2-14(22)11-24-17)15-4-6-23-21(20(15)26-19)18-5-7-25-27-18/h2-7,10-11,13H,8-9,12H2,1H3,(H,25,27). The SMILES string of the molecule is CC1COCCN1c1cc(-c2ccc(F)cn2)c2ccnc(-c3ccn[nH]3)c2n1. The second kappa shape index (κ2) is 7.21. The molecule has 4 aromatic heterocycles. The van der Waals surface area contributed by atoms with Gasteiger partial charge < -0.3 is 9.64 Å². The van der Waals surface area contributed by atoms with E-state index in [1.54, 1.807) is 18.5 Å². The summed E-state index contributed by atoms with van der Waals surface area (Å²) in [6.07, 6.45) is 4.66. The van der Waals surface area contributed by atoms with E-state index in [-0.39, 0.29) is 11.9 Å². The van der Waals surface area contributed by atoms with Gasteiger partial charge in [-0.15, -0.1) is 0 Å². The minimum absolute atomic E-state index is 0.190. The summed E-state index contributed by atoms with van der Waals surface area (Å²) in [5.41, 5.74) is 3.81. The smallest absolute Gasteiger partial charge is 0.141 e. The molecule has 146 valence electrons. The number of aromatic nitrogens is 5. The van der Waals surface area contributed by atoms with Crippen molar-refractivity contribution in [2.24, 2.45) is 0 Å². The maximum atomic E-state index is 13.5. The lowest BCUT2D eigenvalue weighted by Gasteiger charge is -2.34. The second-order valence-electron chi connectivity index (χ2n) is 7.03. The number of H-pyrrole nitrogens is 1. The first-order valence-corrected chi connectivity index (χ1v) is 9.46. The molecular formula is C21H19FN6O. The van der Waals surface area contributed by atoms with E-state index < -0.39 is 0 Å². The summed E-state index contributed by atoms with van der Waals surface area (Å²) in [7, 11) is 0. The highest BCUT2D eigenvalue weighted by Crippen LogP contribution is 2.34. The Morgan fingerprint density at radius 1 is 1.17 bits per heavy atom. The van der Waals surface area contributed by atoms with Crippen LogP contribution < -0.4 is 4.90 Å². The lowest BCUT2D eigenvalue weighted by atomic mass is 10.0. The van der Waals surface area contributed by atoms with Crippen LogP contribution in [0.1, 0.15) is 6.92 Å². The topological polar surface area (TPSA) is 79.8 Å². The number of halogens is 1. The number of pyridine rings is 3. The fourth-order valence-electron chi connectivity index (χ4n) is 3.68. The van der Waals surface area contributed by atoms with Crippen molar-refractivity contribution in [1.82, 2.24) is 25.1 Å². The van der Waals surface area contributed by atoms with Gasteiger partial charge in [-0.2, -0.15) is 5.10 Å². The first-order chi connectivity index (χ1) is 14.2. The zero-order valence-corrected chi connectivity index (χ0v) is 15.8. The summed E-state index contributed by atoms with van der Waals surface area (Å²) in [5, 5.41) is 7.91. The Bertz CT molecular complexity index is 1150. The molecule has 0 amide bonds. The molecule has 7 nitrogen and oxygen atoms in total. The summed E-state index contributed by atoms with van der Waals surface area (Å²) in [6.45, 7) is 4.15. The fraction of sp³-hybridized carbons (Fsp3) is 0.238. The van der Waals surface area contributed by atoms with Crippen LogP contribution >= 0.6 is 0 Å². The zero-order chi connectivity index (χ0) is 19.8. The Kier molecular flexibility index (Phi) is 4.40. The quantitative estimate of drug-likeness (QED) is 0.577. The van der Waals surface area contributed by atoms with Crippen molar-refractivity contribution >= 4 is 16.7 Å². The summed E-state index contributed by atoms with van der Waals surface area (Å²) < 4.78 is 19.1. The van der Waals surface area contributed by atoms with Crippen LogP contribution in [0.15, 0.2) is 48.9 Å². The van der Waals surface area contributed by atoms with Gasteiger partial charge >= 0.3 is 0 Å². The van der Waals surface area contributed by atoms with Crippen molar-refractivity contribution in [2.75, 3.05) is 24.7 Å². The monoisotopic (exact) mass is 390 g/mol. The Balaban J connectivity index is 1.77. The number of nitrogens with one attached hydrogen (secondary N) is 1. The Morgan fingerprint density at radius 3 is 2.86 bits per heavy atom. The van der Waals surface area contributed by atoms with Gasteiger partial charge in [0.15, 0.2) is 0 Å². The van der Waals surface area contributed by atoms with Crippen molar-refractivity contribution in [3.05, 3.63) is 54.7 Å². The molecule has 0 radical (unpaired) electrons. The van der Waals surface area contributed by atoms with Crippen molar-refractivity contribution in [2.45, 2.75) is 13.0 Å². The summed E-state index contributed by atoms with van der Waals surface area (Å²) in [5.74, 6) is 0.456. The van der Waals surface area contributed by atoms with E-state index in [2.05, 4.69) is 32.0 Å². The molecule has 0 saturated carbocycles. The molecular weight excluding hydrogens is 371 g/mol. The second-order valence-corrected chi connectivity index (χ2v) is 7.03. The van der Waals surface area contributed by atoms with Crippen molar-refractivity contribution < 1.29 is 9.13 Å². The average molecular weight is 390 g/mol. The molecule has 1 aliphatic heterocycles. The zero-order valence-electron chi connectivity index (χ0n) is 15.8. The maximum Gasteiger partial charge on any atom is 0.141 e. The first-order valence-electron chi connectivity index (χ1n) is 9.46. The van der Waals surface area contributed by atoms with Gasteiger partial charge in [-0.25, -0.2) is 9.37 Å². The average Bonchev–Trinajstić information content (AvgIpc) is 3.28. The number of hydrogen-bond acceptors (Lipinski definition) is 6. The minimum atomic E-state index is -0.367. The number of anilines is 1. The number of ether oxygens (including phenoxy) is 1. The number of aromatic amines is 1. The van der Waals surface area contributed by atoms with Gasteiger partial charge in [0, 0.05) is 29.9 Å². The molecule has 5 heterocycles. The summed E-state index contributed by atoms with van der Waals surface area (Å²) in [6, 6.07) is 9.09. The molecule has 4 aromatic rings. The third kappa shape index (κ3) is 3.21. The number of morpholine rings is 1. The van der Waals surface area contributed by atoms with Crippen LogP contribution in [0.5, 0.6) is 0 Å². The van der Waals surface area contributed by atoms with Gasteiger partial charge in [0.05, 0.1) is 36.8 Å². The van der Waals surface area contributed by atoms with Crippen LogP contribution in [0.4, 0.5) is 10.2 Å². The summed E-state index contributed by atoms with van der Waals surface area (Å²) >= 11 is 0. The molecule has 0 aliphatic carbocycles. The van der Waals surface area contributed by atoms with Gasteiger partial charge in [-0.05, 0) is 37.3 Å². The van der Waals surface area contributed by atoms with Crippen LogP contribution in [-0.4, -0.2) is 50.9 Å². The van der Waals surface area contributed by atoms with Crippen LogP contribution in [0.3, 0.4) is 0 Å². The minimum Gasteiger partial charge on any atom is -0.377 e. The predicted octanol–water partition coefficient (Wildman–Crippen LogP) is 3.45. The Labute approximate surface area is 166 Å². The Hall–Kier alpha value is -3.39. The third-order valence-electron chi connectivity index (χ3n) is 5.14.